The third-order valence-corrected chi connectivity index (χ3v) is 2.90. The highest BCUT2D eigenvalue weighted by molar-refractivity contribution is 5.32. The van der Waals surface area contributed by atoms with Gasteiger partial charge in [0.05, 0.1) is 5.69 Å². The van der Waals surface area contributed by atoms with Gasteiger partial charge >= 0.3 is 0 Å². The van der Waals surface area contributed by atoms with Crippen LogP contribution in [-0.4, -0.2) is 14.5 Å². The first kappa shape index (κ1) is 13.1. The molecule has 6 heteroatoms. The lowest BCUT2D eigenvalue weighted by molar-refractivity contribution is 0.295. The zero-order valence-electron chi connectivity index (χ0n) is 11.4. The Bertz CT molecular complexity index is 793. The van der Waals surface area contributed by atoms with Crippen molar-refractivity contribution in [3.05, 3.63) is 71.1 Å². The van der Waals surface area contributed by atoms with Gasteiger partial charge < -0.3 is 9.15 Å². The van der Waals surface area contributed by atoms with Crippen molar-refractivity contribution >= 4 is 0 Å². The van der Waals surface area contributed by atoms with Crippen LogP contribution < -0.4 is 10.3 Å². The van der Waals surface area contributed by atoms with Crippen LogP contribution >= 0.6 is 0 Å². The van der Waals surface area contributed by atoms with Gasteiger partial charge in [-0.15, -0.1) is 0 Å². The van der Waals surface area contributed by atoms with Gasteiger partial charge in [-0.05, 0) is 24.3 Å². The van der Waals surface area contributed by atoms with Gasteiger partial charge in [0.1, 0.15) is 18.6 Å². The quantitative estimate of drug-likeness (QED) is 0.733. The van der Waals surface area contributed by atoms with E-state index in [-0.39, 0.29) is 17.9 Å². The second-order valence-corrected chi connectivity index (χ2v) is 4.40. The van der Waals surface area contributed by atoms with Crippen molar-refractivity contribution in [2.75, 3.05) is 0 Å². The van der Waals surface area contributed by atoms with Crippen molar-refractivity contribution in [1.82, 2.24) is 14.5 Å². The van der Waals surface area contributed by atoms with E-state index >= 15 is 0 Å². The van der Waals surface area contributed by atoms with Gasteiger partial charge in [0, 0.05) is 25.5 Å². The SMILES string of the molecule is Cc1nc(COc2cccn(-c3ccncc3)c2=O)co1. The largest absolute Gasteiger partial charge is 0.481 e. The number of pyridine rings is 2. The number of aryl methyl sites for hydroxylation is 1. The maximum atomic E-state index is 12.4. The van der Waals surface area contributed by atoms with Crippen molar-refractivity contribution in [1.29, 1.82) is 0 Å². The van der Waals surface area contributed by atoms with Crippen LogP contribution in [0.15, 0.2) is 58.3 Å². The van der Waals surface area contributed by atoms with E-state index in [0.717, 1.165) is 5.69 Å². The van der Waals surface area contributed by atoms with Crippen molar-refractivity contribution in [3.63, 3.8) is 0 Å². The number of oxazole rings is 1. The molecular weight excluding hydrogens is 270 g/mol. The number of ether oxygens (including phenoxy) is 1. The molecule has 0 spiro atoms. The summed E-state index contributed by atoms with van der Waals surface area (Å²) in [7, 11) is 0. The molecule has 0 N–H and O–H groups in total. The number of hydrogen-bond donors (Lipinski definition) is 0. The molecule has 3 aromatic rings. The summed E-state index contributed by atoms with van der Waals surface area (Å²) in [6.07, 6.45) is 6.46. The molecule has 0 unspecified atom stereocenters. The van der Waals surface area contributed by atoms with Gasteiger partial charge in [0.25, 0.3) is 5.56 Å². The molecule has 0 aromatic carbocycles. The molecule has 106 valence electrons. The summed E-state index contributed by atoms with van der Waals surface area (Å²) in [5.41, 5.74) is 1.15. The van der Waals surface area contributed by atoms with Crippen LogP contribution in [0, 0.1) is 6.92 Å². The number of rotatable bonds is 4. The smallest absolute Gasteiger partial charge is 0.297 e. The molecule has 0 radical (unpaired) electrons. The lowest BCUT2D eigenvalue weighted by atomic mass is 10.3. The van der Waals surface area contributed by atoms with E-state index in [1.165, 1.54) is 10.8 Å². The second-order valence-electron chi connectivity index (χ2n) is 4.40. The normalized spacial score (nSPS) is 10.5. The van der Waals surface area contributed by atoms with E-state index in [2.05, 4.69) is 9.97 Å². The minimum atomic E-state index is -0.232. The Hall–Kier alpha value is -2.89. The van der Waals surface area contributed by atoms with Crippen LogP contribution in [0.25, 0.3) is 5.69 Å². The second kappa shape index (κ2) is 5.62. The molecule has 3 rings (SSSR count). The summed E-state index contributed by atoms with van der Waals surface area (Å²) in [6.45, 7) is 1.94. The van der Waals surface area contributed by atoms with E-state index in [1.54, 1.807) is 49.8 Å². The number of hydrogen-bond acceptors (Lipinski definition) is 5. The van der Waals surface area contributed by atoms with Gasteiger partial charge in [-0.1, -0.05) is 0 Å². The lowest BCUT2D eigenvalue weighted by Gasteiger charge is -2.08. The Labute approximate surface area is 120 Å². The zero-order valence-corrected chi connectivity index (χ0v) is 11.4. The average molecular weight is 283 g/mol. The minimum absolute atomic E-state index is 0.187. The molecule has 21 heavy (non-hydrogen) atoms. The molecule has 0 fully saturated rings. The first-order valence-electron chi connectivity index (χ1n) is 6.40. The fourth-order valence-corrected chi connectivity index (χ4v) is 1.92. The van der Waals surface area contributed by atoms with Crippen LogP contribution in [0.5, 0.6) is 5.75 Å². The summed E-state index contributed by atoms with van der Waals surface area (Å²) >= 11 is 0. The molecule has 0 aliphatic heterocycles. The Kier molecular flexibility index (Phi) is 3.51. The Morgan fingerprint density at radius 2 is 2.10 bits per heavy atom. The zero-order chi connectivity index (χ0) is 14.7. The maximum Gasteiger partial charge on any atom is 0.297 e. The highest BCUT2D eigenvalue weighted by atomic mass is 16.5. The monoisotopic (exact) mass is 283 g/mol. The molecule has 3 aromatic heterocycles. The molecule has 0 bridgehead atoms. The fraction of sp³-hybridized carbons (Fsp3) is 0.133. The Balaban J connectivity index is 1.85. The van der Waals surface area contributed by atoms with Crippen molar-refractivity contribution in [2.45, 2.75) is 13.5 Å². The summed E-state index contributed by atoms with van der Waals surface area (Å²) in [5.74, 6) is 0.825. The van der Waals surface area contributed by atoms with E-state index in [4.69, 9.17) is 9.15 Å². The molecular formula is C15H13N3O3. The molecule has 0 saturated heterocycles. The number of nitrogens with zero attached hydrogens (tertiary/aromatic N) is 3. The highest BCUT2D eigenvalue weighted by Crippen LogP contribution is 2.10. The summed E-state index contributed by atoms with van der Waals surface area (Å²) in [5, 5.41) is 0. The van der Waals surface area contributed by atoms with E-state index in [1.807, 2.05) is 0 Å². The Morgan fingerprint density at radius 1 is 1.29 bits per heavy atom. The van der Waals surface area contributed by atoms with Gasteiger partial charge in [0.15, 0.2) is 11.6 Å². The van der Waals surface area contributed by atoms with E-state index < -0.39 is 0 Å². The van der Waals surface area contributed by atoms with Crippen LogP contribution in [0.2, 0.25) is 0 Å². The first-order valence-corrected chi connectivity index (χ1v) is 6.40. The molecule has 0 saturated carbocycles. The highest BCUT2D eigenvalue weighted by Gasteiger charge is 2.07. The summed E-state index contributed by atoms with van der Waals surface area (Å²) < 4.78 is 12.1. The van der Waals surface area contributed by atoms with Gasteiger partial charge in [-0.2, -0.15) is 0 Å². The van der Waals surface area contributed by atoms with Gasteiger partial charge in [-0.3, -0.25) is 14.3 Å². The predicted octanol–water partition coefficient (Wildman–Crippen LogP) is 2.11. The minimum Gasteiger partial charge on any atom is -0.481 e. The van der Waals surface area contributed by atoms with Crippen LogP contribution in [-0.2, 0) is 6.61 Å². The van der Waals surface area contributed by atoms with Crippen LogP contribution in [0.4, 0.5) is 0 Å². The van der Waals surface area contributed by atoms with E-state index in [0.29, 0.717) is 11.6 Å². The Morgan fingerprint density at radius 3 is 2.81 bits per heavy atom. The van der Waals surface area contributed by atoms with Gasteiger partial charge in [-0.25, -0.2) is 4.98 Å². The summed E-state index contributed by atoms with van der Waals surface area (Å²) in [4.78, 5) is 20.4. The lowest BCUT2D eigenvalue weighted by Crippen LogP contribution is -2.19. The predicted molar refractivity (Wildman–Crippen MR) is 75.4 cm³/mol. The van der Waals surface area contributed by atoms with Crippen LogP contribution in [0.1, 0.15) is 11.6 Å². The topological polar surface area (TPSA) is 70.2 Å². The summed E-state index contributed by atoms with van der Waals surface area (Å²) in [6, 6.07) is 6.90. The molecule has 0 amide bonds. The van der Waals surface area contributed by atoms with Crippen molar-refractivity contribution in [2.24, 2.45) is 0 Å². The van der Waals surface area contributed by atoms with Crippen molar-refractivity contribution in [3.8, 4) is 11.4 Å². The third kappa shape index (κ3) is 2.84. The maximum absolute atomic E-state index is 12.4. The van der Waals surface area contributed by atoms with E-state index in [9.17, 15) is 4.79 Å². The number of aromatic nitrogens is 3. The van der Waals surface area contributed by atoms with Crippen molar-refractivity contribution < 1.29 is 9.15 Å². The molecule has 0 aliphatic rings. The van der Waals surface area contributed by atoms with Gasteiger partial charge in [0.2, 0.25) is 0 Å². The van der Waals surface area contributed by atoms with Crippen LogP contribution in [0.3, 0.4) is 0 Å². The first-order chi connectivity index (χ1) is 10.2. The molecule has 3 heterocycles. The molecule has 0 aliphatic carbocycles. The fourth-order valence-electron chi connectivity index (χ4n) is 1.92. The third-order valence-electron chi connectivity index (χ3n) is 2.90. The average Bonchev–Trinajstić information content (AvgIpc) is 2.93. The standard InChI is InChI=1S/C15H13N3O3/c1-11-17-12(9-20-11)10-21-14-3-2-8-18(15(14)19)13-4-6-16-7-5-13/h2-9H,10H2,1H3. The molecule has 6 nitrogen and oxygen atoms in total. The molecule has 0 atom stereocenters.